The Labute approximate surface area is 87.7 Å². The molecular formula is C14H18. The fraction of sp³-hybridized carbons (Fsp3) is 0.286. The van der Waals surface area contributed by atoms with Crippen LogP contribution >= 0.6 is 0 Å². The van der Waals surface area contributed by atoms with Gasteiger partial charge >= 0.3 is 0 Å². The first-order valence-corrected chi connectivity index (χ1v) is 4.75. The smallest absolute Gasteiger partial charge is 0.0421 e. The molecule has 0 radical (unpaired) electrons. The van der Waals surface area contributed by atoms with Gasteiger partial charge in [0, 0.05) is 5.92 Å². The summed E-state index contributed by atoms with van der Waals surface area (Å²) in [5.74, 6) is 2.87. The second-order valence-electron chi connectivity index (χ2n) is 3.17. The lowest BCUT2D eigenvalue weighted by atomic mass is 10.0. The van der Waals surface area contributed by atoms with Gasteiger partial charge in [0.25, 0.3) is 0 Å². The van der Waals surface area contributed by atoms with Crippen molar-refractivity contribution in [2.45, 2.75) is 20.8 Å². The largest absolute Gasteiger partial charge is 0.119 e. The van der Waals surface area contributed by atoms with E-state index in [0.29, 0.717) is 0 Å². The summed E-state index contributed by atoms with van der Waals surface area (Å²) >= 11 is 0. The number of rotatable bonds is 4. The van der Waals surface area contributed by atoms with Crippen LogP contribution < -0.4 is 0 Å². The third kappa shape index (κ3) is 4.52. The molecule has 0 rings (SSSR count). The number of hydrogen-bond donors (Lipinski definition) is 0. The van der Waals surface area contributed by atoms with Gasteiger partial charge < -0.3 is 0 Å². The molecule has 0 aliphatic carbocycles. The Morgan fingerprint density at radius 3 is 2.50 bits per heavy atom. The van der Waals surface area contributed by atoms with Crippen molar-refractivity contribution in [1.29, 1.82) is 0 Å². The summed E-state index contributed by atoms with van der Waals surface area (Å²) in [4.78, 5) is 0. The Morgan fingerprint density at radius 1 is 1.43 bits per heavy atom. The van der Waals surface area contributed by atoms with E-state index in [1.165, 1.54) is 0 Å². The van der Waals surface area contributed by atoms with Crippen molar-refractivity contribution in [2.24, 2.45) is 5.92 Å². The summed E-state index contributed by atoms with van der Waals surface area (Å²) in [6.07, 6.45) is 15.3. The standard InChI is InChI=1S/C14H18/c1-6-9-14(13(5)8-3)11-10-12(4)7-2/h3,6-7,9-11,13H,2H2,1,4-5H3/b9-6-,12-10?,14-11-. The van der Waals surface area contributed by atoms with Crippen LogP contribution in [0.1, 0.15) is 20.8 Å². The highest BCUT2D eigenvalue weighted by atomic mass is 14.0. The van der Waals surface area contributed by atoms with Crippen molar-refractivity contribution in [3.63, 3.8) is 0 Å². The van der Waals surface area contributed by atoms with Crippen LogP contribution in [0.5, 0.6) is 0 Å². The summed E-state index contributed by atoms with van der Waals surface area (Å²) in [7, 11) is 0. The van der Waals surface area contributed by atoms with Gasteiger partial charge in [-0.1, -0.05) is 48.5 Å². The van der Waals surface area contributed by atoms with Gasteiger partial charge in [0.05, 0.1) is 0 Å². The predicted octanol–water partition coefficient (Wildman–Crippen LogP) is 3.89. The van der Waals surface area contributed by atoms with Crippen molar-refractivity contribution in [3.8, 4) is 12.3 Å². The van der Waals surface area contributed by atoms with Crippen LogP contribution in [0.4, 0.5) is 0 Å². The van der Waals surface area contributed by atoms with E-state index >= 15 is 0 Å². The van der Waals surface area contributed by atoms with Crippen LogP contribution in [0, 0.1) is 18.3 Å². The molecule has 0 amide bonds. The zero-order valence-corrected chi connectivity index (χ0v) is 9.25. The summed E-state index contributed by atoms with van der Waals surface area (Å²) in [5.41, 5.74) is 2.28. The van der Waals surface area contributed by atoms with Gasteiger partial charge in [0.2, 0.25) is 0 Å². The molecule has 0 heterocycles. The van der Waals surface area contributed by atoms with E-state index in [1.807, 2.05) is 51.2 Å². The number of terminal acetylenes is 1. The second kappa shape index (κ2) is 6.97. The first-order valence-electron chi connectivity index (χ1n) is 4.75. The Hall–Kier alpha value is -1.48. The summed E-state index contributed by atoms with van der Waals surface area (Å²) in [5, 5.41) is 0. The van der Waals surface area contributed by atoms with Gasteiger partial charge in [0.1, 0.15) is 0 Å². The fourth-order valence-corrected chi connectivity index (χ4v) is 0.929. The molecule has 1 atom stereocenters. The fourth-order valence-electron chi connectivity index (χ4n) is 0.929. The Balaban J connectivity index is 4.84. The minimum atomic E-state index is 0.153. The molecule has 0 fully saturated rings. The van der Waals surface area contributed by atoms with Crippen LogP contribution in [0.2, 0.25) is 0 Å². The maximum absolute atomic E-state index is 5.38. The molecule has 1 unspecified atom stereocenters. The van der Waals surface area contributed by atoms with E-state index in [0.717, 1.165) is 11.1 Å². The highest BCUT2D eigenvalue weighted by Gasteiger charge is 1.99. The second-order valence-corrected chi connectivity index (χ2v) is 3.17. The minimum Gasteiger partial charge on any atom is -0.119 e. The van der Waals surface area contributed by atoms with Gasteiger partial charge in [-0.25, -0.2) is 0 Å². The topological polar surface area (TPSA) is 0 Å². The molecule has 0 aromatic rings. The lowest BCUT2D eigenvalue weighted by Crippen LogP contribution is -1.92. The van der Waals surface area contributed by atoms with Gasteiger partial charge in [-0.3, -0.25) is 0 Å². The summed E-state index contributed by atoms with van der Waals surface area (Å²) in [6, 6.07) is 0. The molecule has 0 spiro atoms. The normalized spacial score (nSPS) is 15.3. The average molecular weight is 186 g/mol. The van der Waals surface area contributed by atoms with Crippen LogP contribution in [0.3, 0.4) is 0 Å². The lowest BCUT2D eigenvalue weighted by Gasteiger charge is -2.03. The van der Waals surface area contributed by atoms with Gasteiger partial charge in [-0.2, -0.15) is 0 Å². The molecule has 0 bridgehead atoms. The Kier molecular flexibility index (Phi) is 6.24. The van der Waals surface area contributed by atoms with E-state index in [4.69, 9.17) is 6.42 Å². The molecule has 0 heteroatoms. The first-order chi connectivity index (χ1) is 6.65. The summed E-state index contributed by atoms with van der Waals surface area (Å²) in [6.45, 7) is 9.71. The SMILES string of the molecule is C#CC(C)C(/C=C\C)=C\C=C(C)C=C. The highest BCUT2D eigenvalue weighted by Crippen LogP contribution is 2.11. The molecule has 0 aromatic carbocycles. The molecule has 14 heavy (non-hydrogen) atoms. The first kappa shape index (κ1) is 12.5. The van der Waals surface area contributed by atoms with E-state index in [2.05, 4.69) is 12.5 Å². The highest BCUT2D eigenvalue weighted by molar-refractivity contribution is 5.32. The molecule has 0 saturated heterocycles. The minimum absolute atomic E-state index is 0.153. The zero-order chi connectivity index (χ0) is 11.0. The molecule has 0 aliphatic rings. The maximum Gasteiger partial charge on any atom is 0.0421 e. The van der Waals surface area contributed by atoms with Crippen LogP contribution in [0.25, 0.3) is 0 Å². The van der Waals surface area contributed by atoms with Crippen molar-refractivity contribution in [2.75, 3.05) is 0 Å². The average Bonchev–Trinajstić information content (AvgIpc) is 2.22. The Bertz CT molecular complexity index is 305. The predicted molar refractivity (Wildman–Crippen MR) is 64.8 cm³/mol. The van der Waals surface area contributed by atoms with E-state index < -0.39 is 0 Å². The third-order valence-electron chi connectivity index (χ3n) is 1.97. The lowest BCUT2D eigenvalue weighted by molar-refractivity contribution is 0.928. The molecule has 0 saturated carbocycles. The molecule has 74 valence electrons. The molecule has 0 aliphatic heterocycles. The molecule has 0 aromatic heterocycles. The Morgan fingerprint density at radius 2 is 2.07 bits per heavy atom. The molecule has 0 nitrogen and oxygen atoms in total. The quantitative estimate of drug-likeness (QED) is 0.461. The van der Waals surface area contributed by atoms with E-state index in [1.54, 1.807) is 0 Å². The van der Waals surface area contributed by atoms with Crippen molar-refractivity contribution in [3.05, 3.63) is 48.1 Å². The van der Waals surface area contributed by atoms with Gasteiger partial charge in [-0.05, 0) is 26.3 Å². The van der Waals surface area contributed by atoms with Crippen LogP contribution in [-0.4, -0.2) is 0 Å². The maximum atomic E-state index is 5.38. The van der Waals surface area contributed by atoms with E-state index in [9.17, 15) is 0 Å². The van der Waals surface area contributed by atoms with Crippen LogP contribution in [0.15, 0.2) is 48.1 Å². The van der Waals surface area contributed by atoms with Gasteiger partial charge in [0.15, 0.2) is 0 Å². The summed E-state index contributed by atoms with van der Waals surface area (Å²) < 4.78 is 0. The molecule has 0 N–H and O–H groups in total. The number of allylic oxidation sites excluding steroid dienone is 7. The van der Waals surface area contributed by atoms with E-state index in [-0.39, 0.29) is 5.92 Å². The van der Waals surface area contributed by atoms with Crippen molar-refractivity contribution in [1.82, 2.24) is 0 Å². The zero-order valence-electron chi connectivity index (χ0n) is 9.25. The van der Waals surface area contributed by atoms with Crippen molar-refractivity contribution >= 4 is 0 Å². The van der Waals surface area contributed by atoms with Crippen LogP contribution in [-0.2, 0) is 0 Å². The van der Waals surface area contributed by atoms with Gasteiger partial charge in [-0.15, -0.1) is 6.42 Å². The monoisotopic (exact) mass is 186 g/mol. The molecular weight excluding hydrogens is 168 g/mol. The third-order valence-corrected chi connectivity index (χ3v) is 1.97. The van der Waals surface area contributed by atoms with Crippen molar-refractivity contribution < 1.29 is 0 Å². The number of hydrogen-bond acceptors (Lipinski definition) is 0.